The van der Waals surface area contributed by atoms with Gasteiger partial charge in [-0.3, -0.25) is 9.59 Å². The van der Waals surface area contributed by atoms with E-state index < -0.39 is 15.6 Å². The van der Waals surface area contributed by atoms with Gasteiger partial charge in [-0.05, 0) is 61.4 Å². The molecule has 0 bridgehead atoms. The first-order chi connectivity index (χ1) is 18.3. The fourth-order valence-electron chi connectivity index (χ4n) is 6.04. The summed E-state index contributed by atoms with van der Waals surface area (Å²) in [6.07, 6.45) is 4.96. The molecule has 2 aliphatic heterocycles. The van der Waals surface area contributed by atoms with E-state index in [0.717, 1.165) is 42.8 Å². The van der Waals surface area contributed by atoms with Gasteiger partial charge >= 0.3 is 0 Å². The van der Waals surface area contributed by atoms with E-state index in [4.69, 9.17) is 4.74 Å². The number of piperidine rings is 1. The third-order valence-electron chi connectivity index (χ3n) is 8.07. The van der Waals surface area contributed by atoms with Crippen molar-refractivity contribution < 1.29 is 22.7 Å². The van der Waals surface area contributed by atoms with E-state index in [1.807, 2.05) is 41.0 Å². The molecule has 1 aromatic heterocycles. The number of benzene rings is 2. The summed E-state index contributed by atoms with van der Waals surface area (Å²) in [5, 5.41) is 0. The second-order valence-corrected chi connectivity index (χ2v) is 12.2. The first kappa shape index (κ1) is 24.9. The molecule has 0 unspecified atom stereocenters. The van der Waals surface area contributed by atoms with E-state index in [0.29, 0.717) is 37.2 Å². The quantitative estimate of drug-likeness (QED) is 0.490. The van der Waals surface area contributed by atoms with Gasteiger partial charge in [0.25, 0.3) is 5.91 Å². The summed E-state index contributed by atoms with van der Waals surface area (Å²) in [6.45, 7) is 2.52. The molecule has 1 amide bonds. The zero-order valence-electron chi connectivity index (χ0n) is 21.4. The molecular weight excluding hydrogens is 502 g/mol. The number of nitrogens with zero attached hydrogens (tertiary/aromatic N) is 2. The molecule has 9 heteroatoms. The molecule has 198 valence electrons. The lowest BCUT2D eigenvalue weighted by molar-refractivity contribution is -0.00942. The Balaban J connectivity index is 1.19. The van der Waals surface area contributed by atoms with Gasteiger partial charge < -0.3 is 14.2 Å². The molecule has 0 radical (unpaired) electrons. The number of carbonyl (C=O) groups excluding carboxylic acids is 2. The largest absolute Gasteiger partial charge is 0.479 e. The van der Waals surface area contributed by atoms with Gasteiger partial charge in [0.1, 0.15) is 5.75 Å². The second kappa shape index (κ2) is 9.39. The van der Waals surface area contributed by atoms with Crippen LogP contribution in [0.5, 0.6) is 5.75 Å². The number of hydrogen-bond acceptors (Lipinski definition) is 5. The number of sulfonamides is 1. The van der Waals surface area contributed by atoms with E-state index in [1.54, 1.807) is 24.0 Å². The third-order valence-corrected chi connectivity index (χ3v) is 9.60. The van der Waals surface area contributed by atoms with Crippen molar-refractivity contribution in [1.29, 1.82) is 0 Å². The van der Waals surface area contributed by atoms with Crippen molar-refractivity contribution in [3.05, 3.63) is 77.6 Å². The first-order valence-electron chi connectivity index (χ1n) is 13.2. The van der Waals surface area contributed by atoms with Gasteiger partial charge in [-0.15, -0.1) is 0 Å². The maximum absolute atomic E-state index is 13.3. The summed E-state index contributed by atoms with van der Waals surface area (Å²) < 4.78 is 36.8. The number of hydrogen-bond donors (Lipinski definition) is 1. The number of aromatic nitrogens is 1. The maximum atomic E-state index is 13.3. The van der Waals surface area contributed by atoms with Crippen LogP contribution in [0.4, 0.5) is 0 Å². The van der Waals surface area contributed by atoms with Gasteiger partial charge in [-0.2, -0.15) is 0 Å². The standard InChI is InChI=1S/C29H31N3O5S/c1-20(33)24-14-15-27-29(37-26-9-5-4-8-25(26)32(24)27)16-18-31(19-17-29)28(34)21-10-12-23(13-11-21)38(35,36)30-22-6-2-3-7-22/h4-5,8-15,22,30H,2-3,6-7,16-19H2,1H3. The van der Waals surface area contributed by atoms with Crippen molar-refractivity contribution in [3.8, 4) is 11.4 Å². The Bertz CT molecular complexity index is 1500. The SMILES string of the molecule is CC(=O)c1ccc2n1-c1ccccc1OC21CCN(C(=O)c2ccc(S(=O)(=O)NC3CCCC3)cc2)CC1. The highest BCUT2D eigenvalue weighted by atomic mass is 32.2. The average molecular weight is 534 g/mol. The number of nitrogens with one attached hydrogen (secondary N) is 1. The van der Waals surface area contributed by atoms with Crippen LogP contribution >= 0.6 is 0 Å². The van der Waals surface area contributed by atoms with Crippen LogP contribution in [0, 0.1) is 0 Å². The highest BCUT2D eigenvalue weighted by Gasteiger charge is 2.45. The molecule has 1 N–H and O–H groups in total. The van der Waals surface area contributed by atoms with Crippen molar-refractivity contribution >= 4 is 21.7 Å². The lowest BCUT2D eigenvalue weighted by atomic mass is 9.86. The van der Waals surface area contributed by atoms with Crippen LogP contribution in [0.1, 0.15) is 72.0 Å². The molecule has 38 heavy (non-hydrogen) atoms. The first-order valence-corrected chi connectivity index (χ1v) is 14.7. The summed E-state index contributed by atoms with van der Waals surface area (Å²) in [7, 11) is -3.60. The van der Waals surface area contributed by atoms with Crippen LogP contribution in [0.3, 0.4) is 0 Å². The summed E-state index contributed by atoms with van der Waals surface area (Å²) in [5.74, 6) is 0.574. The van der Waals surface area contributed by atoms with Gasteiger partial charge in [0.2, 0.25) is 10.0 Å². The molecule has 6 rings (SSSR count). The normalized spacial score (nSPS) is 18.6. The fraction of sp³-hybridized carbons (Fsp3) is 0.379. The molecule has 3 aliphatic rings. The average Bonchev–Trinajstić information content (AvgIpc) is 3.60. The fourth-order valence-corrected chi connectivity index (χ4v) is 7.34. The Labute approximate surface area is 222 Å². The predicted octanol–water partition coefficient (Wildman–Crippen LogP) is 4.42. The molecule has 8 nitrogen and oxygen atoms in total. The van der Waals surface area contributed by atoms with Gasteiger partial charge in [0.15, 0.2) is 11.4 Å². The van der Waals surface area contributed by atoms with Gasteiger partial charge in [-0.1, -0.05) is 25.0 Å². The lowest BCUT2D eigenvalue weighted by Crippen LogP contribution is -2.50. The van der Waals surface area contributed by atoms with Gasteiger partial charge in [0.05, 0.1) is 22.0 Å². The number of amides is 1. The molecular formula is C29H31N3O5S. The minimum atomic E-state index is -3.60. The predicted molar refractivity (Wildman–Crippen MR) is 142 cm³/mol. The second-order valence-electron chi connectivity index (χ2n) is 10.5. The Kier molecular flexibility index (Phi) is 6.15. The van der Waals surface area contributed by atoms with E-state index in [-0.39, 0.29) is 22.6 Å². The molecule has 3 aromatic rings. The van der Waals surface area contributed by atoms with Crippen molar-refractivity contribution in [2.24, 2.45) is 0 Å². The Morgan fingerprint density at radius 1 is 0.947 bits per heavy atom. The number of fused-ring (bicyclic) bond motifs is 4. The lowest BCUT2D eigenvalue weighted by Gasteiger charge is -2.45. The van der Waals surface area contributed by atoms with Crippen LogP contribution in [0.25, 0.3) is 5.69 Å². The Morgan fingerprint density at radius 3 is 2.32 bits per heavy atom. The van der Waals surface area contributed by atoms with Crippen LogP contribution in [-0.2, 0) is 15.6 Å². The van der Waals surface area contributed by atoms with E-state index in [1.165, 1.54) is 12.1 Å². The number of rotatable bonds is 5. The zero-order valence-corrected chi connectivity index (χ0v) is 22.2. The summed E-state index contributed by atoms with van der Waals surface area (Å²) >= 11 is 0. The Hall–Kier alpha value is -3.43. The zero-order chi connectivity index (χ0) is 26.5. The molecule has 1 aliphatic carbocycles. The minimum absolute atomic E-state index is 0.0106. The Morgan fingerprint density at radius 2 is 1.63 bits per heavy atom. The monoisotopic (exact) mass is 533 g/mol. The van der Waals surface area contributed by atoms with Crippen molar-refractivity contribution in [2.75, 3.05) is 13.1 Å². The molecule has 1 spiro atoms. The van der Waals surface area contributed by atoms with Crippen LogP contribution in [-0.4, -0.2) is 48.7 Å². The van der Waals surface area contributed by atoms with E-state index >= 15 is 0 Å². The summed E-state index contributed by atoms with van der Waals surface area (Å²) in [5.41, 5.74) is 2.21. The number of para-hydroxylation sites is 2. The van der Waals surface area contributed by atoms with Crippen molar-refractivity contribution in [1.82, 2.24) is 14.2 Å². The molecule has 2 aromatic carbocycles. The van der Waals surface area contributed by atoms with E-state index in [9.17, 15) is 18.0 Å². The minimum Gasteiger partial charge on any atom is -0.479 e. The molecule has 1 saturated heterocycles. The maximum Gasteiger partial charge on any atom is 0.253 e. The molecule has 2 fully saturated rings. The number of ether oxygens (including phenoxy) is 1. The number of ketones is 1. The van der Waals surface area contributed by atoms with Crippen molar-refractivity contribution in [3.63, 3.8) is 0 Å². The summed E-state index contributed by atoms with van der Waals surface area (Å²) in [6, 6.07) is 17.7. The summed E-state index contributed by atoms with van der Waals surface area (Å²) in [4.78, 5) is 27.7. The third kappa shape index (κ3) is 4.23. The smallest absolute Gasteiger partial charge is 0.253 e. The molecule has 3 heterocycles. The molecule has 0 atom stereocenters. The van der Waals surface area contributed by atoms with Crippen LogP contribution in [0.2, 0.25) is 0 Å². The van der Waals surface area contributed by atoms with Gasteiger partial charge in [0, 0.05) is 44.5 Å². The number of Topliss-reactive ketones (excluding diaryl/α,β-unsaturated/α-hetero) is 1. The van der Waals surface area contributed by atoms with Gasteiger partial charge in [-0.25, -0.2) is 13.1 Å². The van der Waals surface area contributed by atoms with Crippen LogP contribution < -0.4 is 9.46 Å². The highest BCUT2D eigenvalue weighted by Crippen LogP contribution is 2.46. The topological polar surface area (TPSA) is 97.7 Å². The van der Waals surface area contributed by atoms with E-state index in [2.05, 4.69) is 4.72 Å². The van der Waals surface area contributed by atoms with Crippen LogP contribution in [0.15, 0.2) is 65.6 Å². The number of likely N-dealkylation sites (tertiary alicyclic amines) is 1. The highest BCUT2D eigenvalue weighted by molar-refractivity contribution is 7.89. The number of carbonyl (C=O) groups is 2. The van der Waals surface area contributed by atoms with Crippen molar-refractivity contribution in [2.45, 2.75) is 62.0 Å². The molecule has 1 saturated carbocycles.